The number of carbonyl (C=O) groups excluding carboxylic acids is 1. The third-order valence-corrected chi connectivity index (χ3v) is 4.68. The van der Waals surface area contributed by atoms with Gasteiger partial charge in [0.2, 0.25) is 5.91 Å². The van der Waals surface area contributed by atoms with Crippen molar-refractivity contribution in [2.45, 2.75) is 26.1 Å². The van der Waals surface area contributed by atoms with Crippen LogP contribution in [0.2, 0.25) is 0 Å². The average molecular weight is 417 g/mol. The minimum atomic E-state index is -0.119. The van der Waals surface area contributed by atoms with Crippen molar-refractivity contribution >= 4 is 12.0 Å². The Morgan fingerprint density at radius 2 is 1.81 bits per heavy atom. The molecule has 5 nitrogen and oxygen atoms in total. The number of ether oxygens (including phenoxy) is 2. The lowest BCUT2D eigenvalue weighted by Crippen LogP contribution is -2.23. The summed E-state index contributed by atoms with van der Waals surface area (Å²) >= 11 is 0. The van der Waals surface area contributed by atoms with Crippen LogP contribution < -0.4 is 10.1 Å². The minimum Gasteiger partial charge on any atom is -0.487 e. The van der Waals surface area contributed by atoms with Crippen molar-refractivity contribution in [3.8, 4) is 5.75 Å². The van der Waals surface area contributed by atoms with Crippen LogP contribution in [0.3, 0.4) is 0 Å². The highest BCUT2D eigenvalue weighted by atomic mass is 16.5. The summed E-state index contributed by atoms with van der Waals surface area (Å²) < 4.78 is 11.5. The lowest BCUT2D eigenvalue weighted by atomic mass is 10.1. The maximum Gasteiger partial charge on any atom is 0.244 e. The number of aromatic nitrogens is 1. The highest BCUT2D eigenvalue weighted by Crippen LogP contribution is 2.16. The van der Waals surface area contributed by atoms with Gasteiger partial charge in [-0.25, -0.2) is 0 Å². The van der Waals surface area contributed by atoms with Gasteiger partial charge < -0.3 is 14.8 Å². The van der Waals surface area contributed by atoms with Gasteiger partial charge in [-0.05, 0) is 54.8 Å². The normalized spacial score (nSPS) is 11.9. The highest BCUT2D eigenvalue weighted by molar-refractivity contribution is 5.91. The lowest BCUT2D eigenvalue weighted by Gasteiger charge is -2.13. The van der Waals surface area contributed by atoms with Crippen molar-refractivity contribution in [2.75, 3.05) is 13.2 Å². The molecular formula is C26H28N2O3. The molecule has 160 valence electrons. The molecule has 3 rings (SSSR count). The van der Waals surface area contributed by atoms with Crippen molar-refractivity contribution in [2.24, 2.45) is 0 Å². The maximum atomic E-state index is 12.0. The molecule has 1 unspecified atom stereocenters. The largest absolute Gasteiger partial charge is 0.487 e. The zero-order valence-electron chi connectivity index (χ0n) is 17.7. The van der Waals surface area contributed by atoms with E-state index in [1.165, 1.54) is 6.08 Å². The molecule has 0 aliphatic heterocycles. The number of hydrogen-bond acceptors (Lipinski definition) is 4. The van der Waals surface area contributed by atoms with Gasteiger partial charge >= 0.3 is 0 Å². The Kier molecular flexibility index (Phi) is 8.83. The molecule has 1 amide bonds. The highest BCUT2D eigenvalue weighted by Gasteiger charge is 2.04. The molecule has 0 saturated heterocycles. The molecule has 0 fully saturated rings. The third-order valence-electron chi connectivity index (χ3n) is 4.68. The van der Waals surface area contributed by atoms with E-state index in [0.29, 0.717) is 19.8 Å². The molecule has 1 atom stereocenters. The average Bonchev–Trinajstić information content (AvgIpc) is 2.83. The third kappa shape index (κ3) is 8.07. The van der Waals surface area contributed by atoms with E-state index in [-0.39, 0.29) is 12.0 Å². The SMILES string of the molecule is CC(OCCCNC(=O)/C=C/c1ccc(OCc2ccccn2)cc1)c1ccccc1. The lowest BCUT2D eigenvalue weighted by molar-refractivity contribution is -0.116. The van der Waals surface area contributed by atoms with E-state index in [0.717, 1.165) is 29.0 Å². The number of rotatable bonds is 11. The number of nitrogens with one attached hydrogen (secondary N) is 1. The molecule has 0 spiro atoms. The molecule has 1 aromatic heterocycles. The Hall–Kier alpha value is -3.44. The van der Waals surface area contributed by atoms with Gasteiger partial charge in [-0.2, -0.15) is 0 Å². The van der Waals surface area contributed by atoms with Gasteiger partial charge in [-0.3, -0.25) is 9.78 Å². The van der Waals surface area contributed by atoms with Crippen LogP contribution in [-0.2, 0) is 16.1 Å². The Morgan fingerprint density at radius 3 is 2.55 bits per heavy atom. The summed E-state index contributed by atoms with van der Waals surface area (Å²) in [7, 11) is 0. The second-order valence-corrected chi connectivity index (χ2v) is 7.08. The topological polar surface area (TPSA) is 60.5 Å². The molecule has 1 N–H and O–H groups in total. The molecule has 1 heterocycles. The summed E-state index contributed by atoms with van der Waals surface area (Å²) in [6.45, 7) is 3.63. The van der Waals surface area contributed by atoms with Gasteiger partial charge in [0.1, 0.15) is 12.4 Å². The fourth-order valence-electron chi connectivity index (χ4n) is 2.91. The fraction of sp³-hybridized carbons (Fsp3) is 0.231. The first-order valence-corrected chi connectivity index (χ1v) is 10.5. The van der Waals surface area contributed by atoms with E-state index in [2.05, 4.69) is 22.4 Å². The first-order valence-electron chi connectivity index (χ1n) is 10.5. The summed E-state index contributed by atoms with van der Waals surface area (Å²) in [6, 6.07) is 23.4. The van der Waals surface area contributed by atoms with Crippen LogP contribution in [-0.4, -0.2) is 24.0 Å². The van der Waals surface area contributed by atoms with Gasteiger partial charge in [-0.15, -0.1) is 0 Å². The quantitative estimate of drug-likeness (QED) is 0.355. The summed E-state index contributed by atoms with van der Waals surface area (Å²) in [5, 5.41) is 2.88. The number of carbonyl (C=O) groups is 1. The van der Waals surface area contributed by atoms with Crippen LogP contribution in [0.15, 0.2) is 85.1 Å². The van der Waals surface area contributed by atoms with Crippen molar-refractivity contribution in [1.82, 2.24) is 10.3 Å². The van der Waals surface area contributed by atoms with Crippen LogP contribution in [0.4, 0.5) is 0 Å². The van der Waals surface area contributed by atoms with Gasteiger partial charge in [-0.1, -0.05) is 48.5 Å². The molecule has 0 aliphatic rings. The second kappa shape index (κ2) is 12.3. The van der Waals surface area contributed by atoms with E-state index >= 15 is 0 Å². The fourth-order valence-corrected chi connectivity index (χ4v) is 2.91. The van der Waals surface area contributed by atoms with Crippen LogP contribution >= 0.6 is 0 Å². The molecule has 0 bridgehead atoms. The van der Waals surface area contributed by atoms with E-state index < -0.39 is 0 Å². The number of pyridine rings is 1. The zero-order chi connectivity index (χ0) is 21.7. The first kappa shape index (κ1) is 22.2. The molecule has 0 aliphatic carbocycles. The smallest absolute Gasteiger partial charge is 0.244 e. The van der Waals surface area contributed by atoms with Gasteiger partial charge in [0, 0.05) is 25.4 Å². The standard InChI is InChI=1S/C26H28N2O3/c1-21(23-8-3-2-4-9-23)30-19-7-18-28-26(29)16-13-22-11-14-25(15-12-22)31-20-24-10-5-6-17-27-24/h2-6,8-17,21H,7,18-20H2,1H3,(H,28,29)/b16-13+. The van der Waals surface area contributed by atoms with Crippen LogP contribution in [0, 0.1) is 0 Å². The molecule has 5 heteroatoms. The predicted octanol–water partition coefficient (Wildman–Crippen LogP) is 4.96. The van der Waals surface area contributed by atoms with E-state index in [1.807, 2.05) is 67.6 Å². The summed E-state index contributed by atoms with van der Waals surface area (Å²) in [5.41, 5.74) is 2.96. The summed E-state index contributed by atoms with van der Waals surface area (Å²) in [6.07, 6.45) is 5.88. The Labute approximate surface area is 183 Å². The Bertz CT molecular complexity index is 941. The second-order valence-electron chi connectivity index (χ2n) is 7.08. The summed E-state index contributed by atoms with van der Waals surface area (Å²) in [4.78, 5) is 16.2. The molecule has 31 heavy (non-hydrogen) atoms. The number of amides is 1. The number of nitrogens with zero attached hydrogens (tertiary/aromatic N) is 1. The Morgan fingerprint density at radius 1 is 1.03 bits per heavy atom. The van der Waals surface area contributed by atoms with E-state index in [1.54, 1.807) is 12.3 Å². The molecule has 0 saturated carbocycles. The molecular weight excluding hydrogens is 388 g/mol. The summed E-state index contributed by atoms with van der Waals surface area (Å²) in [5.74, 6) is 0.642. The van der Waals surface area contributed by atoms with E-state index in [9.17, 15) is 4.79 Å². The monoisotopic (exact) mass is 416 g/mol. The minimum absolute atomic E-state index is 0.0488. The molecule has 0 radical (unpaired) electrons. The van der Waals surface area contributed by atoms with Crippen LogP contribution in [0.1, 0.15) is 36.3 Å². The van der Waals surface area contributed by atoms with E-state index in [4.69, 9.17) is 9.47 Å². The van der Waals surface area contributed by atoms with Gasteiger partial charge in [0.05, 0.1) is 11.8 Å². The van der Waals surface area contributed by atoms with Crippen molar-refractivity contribution in [1.29, 1.82) is 0 Å². The Balaban J connectivity index is 1.32. The maximum absolute atomic E-state index is 12.0. The number of hydrogen-bond donors (Lipinski definition) is 1. The molecule has 2 aromatic carbocycles. The van der Waals surface area contributed by atoms with Gasteiger partial charge in [0.15, 0.2) is 0 Å². The number of benzene rings is 2. The predicted molar refractivity (Wildman–Crippen MR) is 122 cm³/mol. The van der Waals surface area contributed by atoms with Crippen molar-refractivity contribution in [3.63, 3.8) is 0 Å². The van der Waals surface area contributed by atoms with Crippen molar-refractivity contribution < 1.29 is 14.3 Å². The first-order chi connectivity index (χ1) is 15.2. The van der Waals surface area contributed by atoms with Crippen LogP contribution in [0.5, 0.6) is 5.75 Å². The molecule has 3 aromatic rings. The zero-order valence-corrected chi connectivity index (χ0v) is 17.7. The van der Waals surface area contributed by atoms with Crippen molar-refractivity contribution in [3.05, 3.63) is 102 Å². The van der Waals surface area contributed by atoms with Crippen LogP contribution in [0.25, 0.3) is 6.08 Å². The van der Waals surface area contributed by atoms with Gasteiger partial charge in [0.25, 0.3) is 0 Å².